The van der Waals surface area contributed by atoms with Crippen molar-refractivity contribution in [2.75, 3.05) is 0 Å². The van der Waals surface area contributed by atoms with Crippen LogP contribution in [0.2, 0.25) is 36.2 Å². The van der Waals surface area contributed by atoms with Crippen LogP contribution in [0.15, 0.2) is 198 Å². The molecule has 0 radical (unpaired) electrons. The molecular weight excluding hydrogens is 1330 g/mol. The summed E-state index contributed by atoms with van der Waals surface area (Å²) in [6, 6.07) is 37.5. The van der Waals surface area contributed by atoms with Gasteiger partial charge in [-0.05, 0) is 89.7 Å². The number of hydrogen-bond acceptors (Lipinski definition) is 4. The van der Waals surface area contributed by atoms with Gasteiger partial charge in [0.05, 0.1) is 11.4 Å². The topological polar surface area (TPSA) is 70.8 Å². The van der Waals surface area contributed by atoms with Gasteiger partial charge in [0.15, 0.2) is 0 Å². The molecule has 10 heteroatoms. The van der Waals surface area contributed by atoms with Gasteiger partial charge in [0.2, 0.25) is 0 Å². The Kier molecular flexibility index (Phi) is 20.2. The molecule has 8 aliphatic rings. The van der Waals surface area contributed by atoms with Gasteiger partial charge in [-0.3, -0.25) is 9.98 Å². The molecule has 2 atom stereocenters. The van der Waals surface area contributed by atoms with E-state index in [-0.39, 0.29) is 33.2 Å². The van der Waals surface area contributed by atoms with E-state index in [9.17, 15) is 10.2 Å². The van der Waals surface area contributed by atoms with Gasteiger partial charge in [-0.15, -0.1) is 11.5 Å². The van der Waals surface area contributed by atoms with Crippen LogP contribution in [0.25, 0.3) is 34.1 Å². The first kappa shape index (κ1) is 69.6. The predicted molar refractivity (Wildman–Crippen MR) is 382 cm³/mol. The standard InChI is InChI=1S/C16H13.2C14H21ClO.C14H11.2C11H13NSi.2Zr/c1-12-10-14-8-5-9-15(16(14)11-12)13-6-3-2-4-7-13;2*1-13(2,3)9-7-8-10(16)11(12(9)15)14(4,5)6;1-10-8-12-7-6-11-4-2-3-5-13(11)14(12)9-10;2*1-4-7-11-10-8(12-7)5-6-9(10)13(11,2)3;;/h2-11H,1H3;2*7-8,16H,1-6H3;2-9H,1H3;2*5-6H,4H2,1-3H3;;/q;;;;;;+1;+3/p-2. The summed E-state index contributed by atoms with van der Waals surface area (Å²) in [5.74, 6) is 0.0657. The summed E-state index contributed by atoms with van der Waals surface area (Å²) in [6.45, 7) is 43.4. The molecule has 0 saturated carbocycles. The number of nitrogens with zero attached hydrogens (tertiary/aromatic N) is 2. The Morgan fingerprint density at radius 1 is 0.511 bits per heavy atom. The van der Waals surface area contributed by atoms with Crippen molar-refractivity contribution in [1.82, 2.24) is 0 Å². The molecule has 0 spiro atoms. The average Bonchev–Trinajstić information content (AvgIpc) is 1.74. The van der Waals surface area contributed by atoms with Gasteiger partial charge in [-0.25, -0.2) is 0 Å². The van der Waals surface area contributed by atoms with Gasteiger partial charge >= 0.3 is 223 Å². The van der Waals surface area contributed by atoms with E-state index < -0.39 is 16.1 Å². The minimum Gasteiger partial charge on any atom is -0.253 e. The van der Waals surface area contributed by atoms with Crippen LogP contribution >= 0.6 is 23.2 Å². The zero-order chi connectivity index (χ0) is 66.1. The van der Waals surface area contributed by atoms with Crippen LogP contribution in [0, 0.1) is 0 Å². The number of allylic oxidation sites excluding steroid dienone is 10. The molecule has 90 heavy (non-hydrogen) atoms. The van der Waals surface area contributed by atoms with Gasteiger partial charge in [-0.2, -0.15) is 0 Å². The molecule has 0 saturated heterocycles. The quantitative estimate of drug-likeness (QED) is 0.166. The van der Waals surface area contributed by atoms with Crippen molar-refractivity contribution < 1.29 is 59.7 Å². The van der Waals surface area contributed by atoms with E-state index in [4.69, 9.17) is 23.2 Å². The Bertz CT molecular complexity index is 4050. The Hall–Kier alpha value is -4.78. The number of aliphatic imine (C=N–C) groups is 2. The molecular formula is C80H90Cl2N2O2Si2Zr2+2. The van der Waals surface area contributed by atoms with E-state index in [2.05, 4.69) is 227 Å². The summed E-state index contributed by atoms with van der Waals surface area (Å²) in [7, 11) is -2.39. The minimum atomic E-state index is -1.19. The maximum absolute atomic E-state index is 11.9. The van der Waals surface area contributed by atoms with Gasteiger partial charge in [0, 0.05) is 32.6 Å². The molecule has 460 valence electrons. The molecule has 0 fully saturated rings. The monoisotopic (exact) mass is 1420 g/mol. The molecule has 0 N–H and O–H groups in total. The van der Waals surface area contributed by atoms with E-state index >= 15 is 0 Å². The summed E-state index contributed by atoms with van der Waals surface area (Å²) in [6.07, 6.45) is 15.9. The number of benzene rings is 6. The van der Waals surface area contributed by atoms with Crippen LogP contribution in [0.5, 0.6) is 11.5 Å². The molecule has 0 aromatic heterocycles. The van der Waals surface area contributed by atoms with Crippen LogP contribution in [-0.4, -0.2) is 27.6 Å². The van der Waals surface area contributed by atoms with E-state index in [0.29, 0.717) is 17.3 Å². The van der Waals surface area contributed by atoms with Crippen LogP contribution in [0.3, 0.4) is 0 Å². The van der Waals surface area contributed by atoms with Crippen molar-refractivity contribution in [3.05, 3.63) is 243 Å². The SMILES string of the molecule is CC(C)(C)c1ccc([O-])c(C(C)(C)C)c1Cl.CC(C)(C)c1ccc([O-])c(C(C)(C)C)c1Cl.CC1=Cc2c(-c3ccccc3)cccc2[CH]1[Zr+].CC1=Cc2c(ccc3ccccc23)[CH]1[Zr+3].CCC1=NC2=CC=C3C2=C1[Si]3(C)C.CCC1=NC2=CC=C3C2=C1[Si]3(C)C. The van der Waals surface area contributed by atoms with Crippen LogP contribution in [0.1, 0.15) is 175 Å². The molecule has 14 rings (SSSR count). The van der Waals surface area contributed by atoms with E-state index in [1.54, 1.807) is 82.4 Å². The molecule has 4 aliphatic carbocycles. The summed E-state index contributed by atoms with van der Waals surface area (Å²) >= 11 is 15.9. The number of halogens is 2. The van der Waals surface area contributed by atoms with Crippen LogP contribution in [0.4, 0.5) is 0 Å². The van der Waals surface area contributed by atoms with E-state index in [1.807, 2.05) is 53.7 Å². The molecule has 0 amide bonds. The second kappa shape index (κ2) is 26.2. The smallest absolute Gasteiger partial charge is 0.116 e. The average molecular weight is 1420 g/mol. The van der Waals surface area contributed by atoms with Crippen molar-refractivity contribution in [1.29, 1.82) is 0 Å². The Morgan fingerprint density at radius 2 is 0.967 bits per heavy atom. The summed E-state index contributed by atoms with van der Waals surface area (Å²) in [5, 5.41) is 34.3. The minimum absolute atomic E-state index is 0.0329. The molecule has 6 aromatic carbocycles. The van der Waals surface area contributed by atoms with E-state index in [0.717, 1.165) is 35.1 Å². The van der Waals surface area contributed by atoms with Crippen molar-refractivity contribution in [2.24, 2.45) is 9.98 Å². The second-order valence-electron chi connectivity index (χ2n) is 30.0. The zero-order valence-electron chi connectivity index (χ0n) is 56.9. The first-order valence-electron chi connectivity index (χ1n) is 32.0. The summed E-state index contributed by atoms with van der Waals surface area (Å²) in [4.78, 5) is 9.35. The van der Waals surface area contributed by atoms with Crippen molar-refractivity contribution in [3.63, 3.8) is 0 Å². The molecule has 4 nitrogen and oxygen atoms in total. The molecule has 6 aromatic rings. The normalized spacial score (nSPS) is 18.8. The van der Waals surface area contributed by atoms with Crippen LogP contribution in [-0.2, 0) is 71.1 Å². The fourth-order valence-corrected chi connectivity index (χ4v) is 23.5. The van der Waals surface area contributed by atoms with E-state index in [1.165, 1.54) is 89.3 Å². The molecule has 0 bridgehead atoms. The first-order chi connectivity index (χ1) is 42.0. The Balaban J connectivity index is 0.000000128. The third-order valence-electron chi connectivity index (χ3n) is 18.6. The van der Waals surface area contributed by atoms with Gasteiger partial charge < -0.3 is 10.2 Å². The van der Waals surface area contributed by atoms with Crippen molar-refractivity contribution in [3.8, 4) is 22.6 Å². The zero-order valence-corrected chi connectivity index (χ0v) is 65.3. The Labute approximate surface area is 581 Å². The maximum Gasteiger partial charge on any atom is 0.116 e. The number of hydrogen-bond donors (Lipinski definition) is 0. The molecule has 4 heterocycles. The summed E-state index contributed by atoms with van der Waals surface area (Å²) < 4.78 is 1.33. The first-order valence-corrected chi connectivity index (χ1v) is 41.6. The summed E-state index contributed by atoms with van der Waals surface area (Å²) in [5.41, 5.74) is 22.9. The van der Waals surface area contributed by atoms with Gasteiger partial charge in [0.25, 0.3) is 0 Å². The van der Waals surface area contributed by atoms with Gasteiger partial charge in [-0.1, -0.05) is 183 Å². The third-order valence-corrected chi connectivity index (χ3v) is 30.2. The fraction of sp³-hybridized carbons (Fsp3) is 0.350. The molecule has 2 unspecified atom stereocenters. The largest absolute Gasteiger partial charge is 0.253 e. The Morgan fingerprint density at radius 3 is 1.42 bits per heavy atom. The molecule has 4 aliphatic heterocycles. The van der Waals surface area contributed by atoms with Crippen LogP contribution < -0.4 is 10.2 Å². The third kappa shape index (κ3) is 13.4. The van der Waals surface area contributed by atoms with Crippen molar-refractivity contribution >= 4 is 73.7 Å². The number of rotatable bonds is 3. The van der Waals surface area contributed by atoms with Gasteiger partial charge in [0.1, 0.15) is 16.1 Å². The fourth-order valence-electron chi connectivity index (χ4n) is 13.8. The van der Waals surface area contributed by atoms with Crippen molar-refractivity contribution in [2.45, 2.75) is 179 Å². The maximum atomic E-state index is 11.9. The number of fused-ring (bicyclic) bond motifs is 4. The second-order valence-corrected chi connectivity index (χ2v) is 42.2. The predicted octanol–water partition coefficient (Wildman–Crippen LogP) is 21.8.